The van der Waals surface area contributed by atoms with Crippen LogP contribution in [-0.4, -0.2) is 36.6 Å². The zero-order valence-corrected chi connectivity index (χ0v) is 17.8. The van der Waals surface area contributed by atoms with E-state index in [9.17, 15) is 4.79 Å². The fourth-order valence-electron chi connectivity index (χ4n) is 3.21. The summed E-state index contributed by atoms with van der Waals surface area (Å²) in [4.78, 5) is 21.1. The van der Waals surface area contributed by atoms with Crippen LogP contribution < -0.4 is 16.0 Å². The number of halogens is 2. The number of hydrogen-bond acceptors (Lipinski definition) is 6. The number of rotatable bonds is 6. The SMILES string of the molecule is CCN(CC)c1nc2sc(C(=O)NC3CCCC3CN)cc2s1.Cl.Cl. The first-order valence-electron chi connectivity index (χ1n) is 8.32. The van der Waals surface area contributed by atoms with Gasteiger partial charge in [-0.1, -0.05) is 17.8 Å². The van der Waals surface area contributed by atoms with Gasteiger partial charge in [0.25, 0.3) is 5.91 Å². The average molecular weight is 425 g/mol. The lowest BCUT2D eigenvalue weighted by atomic mass is 10.0. The molecule has 142 valence electrons. The van der Waals surface area contributed by atoms with Gasteiger partial charge in [0.05, 0.1) is 9.58 Å². The fourth-order valence-corrected chi connectivity index (χ4v) is 5.45. The van der Waals surface area contributed by atoms with Gasteiger partial charge in [-0.2, -0.15) is 0 Å². The number of nitrogens with two attached hydrogens (primary N) is 1. The molecule has 9 heteroatoms. The first-order chi connectivity index (χ1) is 11.2. The van der Waals surface area contributed by atoms with Crippen molar-refractivity contribution in [2.75, 3.05) is 24.5 Å². The van der Waals surface area contributed by atoms with Crippen molar-refractivity contribution in [1.82, 2.24) is 10.3 Å². The van der Waals surface area contributed by atoms with Crippen LogP contribution >= 0.6 is 47.5 Å². The number of thiazole rings is 1. The molecule has 1 saturated carbocycles. The van der Waals surface area contributed by atoms with Crippen LogP contribution in [-0.2, 0) is 0 Å². The maximum Gasteiger partial charge on any atom is 0.261 e. The Bertz CT molecular complexity index is 655. The topological polar surface area (TPSA) is 71.2 Å². The highest BCUT2D eigenvalue weighted by Crippen LogP contribution is 2.35. The van der Waals surface area contributed by atoms with Crippen molar-refractivity contribution in [2.24, 2.45) is 11.7 Å². The Morgan fingerprint density at radius 2 is 2.04 bits per heavy atom. The number of nitrogens with one attached hydrogen (secondary N) is 1. The van der Waals surface area contributed by atoms with Gasteiger partial charge in [-0.25, -0.2) is 4.98 Å². The van der Waals surface area contributed by atoms with Crippen molar-refractivity contribution in [3.63, 3.8) is 0 Å². The number of hydrogen-bond donors (Lipinski definition) is 2. The van der Waals surface area contributed by atoms with Gasteiger partial charge in [-0.3, -0.25) is 4.79 Å². The van der Waals surface area contributed by atoms with Crippen molar-refractivity contribution in [3.05, 3.63) is 10.9 Å². The summed E-state index contributed by atoms with van der Waals surface area (Å²) >= 11 is 3.15. The molecule has 0 aromatic carbocycles. The van der Waals surface area contributed by atoms with Crippen LogP contribution in [0.3, 0.4) is 0 Å². The molecule has 0 spiro atoms. The van der Waals surface area contributed by atoms with E-state index in [1.807, 2.05) is 6.07 Å². The molecule has 1 amide bonds. The van der Waals surface area contributed by atoms with Crippen molar-refractivity contribution in [3.8, 4) is 0 Å². The molecule has 5 nitrogen and oxygen atoms in total. The summed E-state index contributed by atoms with van der Waals surface area (Å²) < 4.78 is 1.10. The van der Waals surface area contributed by atoms with Crippen molar-refractivity contribution in [2.45, 2.75) is 39.2 Å². The first-order valence-corrected chi connectivity index (χ1v) is 9.95. The average Bonchev–Trinajstić information content (AvgIpc) is 3.22. The second-order valence-corrected chi connectivity index (χ2v) is 8.00. The van der Waals surface area contributed by atoms with Crippen molar-refractivity contribution < 1.29 is 4.79 Å². The van der Waals surface area contributed by atoms with E-state index in [0.29, 0.717) is 12.5 Å². The van der Waals surface area contributed by atoms with Gasteiger partial charge in [0.1, 0.15) is 4.83 Å². The highest BCUT2D eigenvalue weighted by atomic mass is 35.5. The second-order valence-electron chi connectivity index (χ2n) is 5.96. The minimum absolute atomic E-state index is 0. The lowest BCUT2D eigenvalue weighted by molar-refractivity contribution is 0.0933. The molecule has 1 aliphatic carbocycles. The molecule has 2 aromatic heterocycles. The Morgan fingerprint density at radius 1 is 1.32 bits per heavy atom. The smallest absolute Gasteiger partial charge is 0.261 e. The molecule has 1 fully saturated rings. The summed E-state index contributed by atoms with van der Waals surface area (Å²) in [5.74, 6) is 0.447. The maximum atomic E-state index is 12.5. The summed E-state index contributed by atoms with van der Waals surface area (Å²) in [6.45, 7) is 6.82. The largest absolute Gasteiger partial charge is 0.349 e. The Balaban J connectivity index is 0.00000156. The minimum Gasteiger partial charge on any atom is -0.349 e. The molecule has 1 aliphatic rings. The van der Waals surface area contributed by atoms with Crippen LogP contribution in [0.4, 0.5) is 5.13 Å². The van der Waals surface area contributed by atoms with E-state index in [1.165, 1.54) is 11.3 Å². The number of amides is 1. The molecule has 25 heavy (non-hydrogen) atoms. The molecule has 2 unspecified atom stereocenters. The van der Waals surface area contributed by atoms with Gasteiger partial charge >= 0.3 is 0 Å². The highest BCUT2D eigenvalue weighted by Gasteiger charge is 2.28. The molecule has 0 aliphatic heterocycles. The van der Waals surface area contributed by atoms with Gasteiger partial charge in [-0.05, 0) is 45.2 Å². The molecule has 0 radical (unpaired) electrons. The van der Waals surface area contributed by atoms with Crippen LogP contribution in [0.5, 0.6) is 0 Å². The Kier molecular flexibility index (Phi) is 8.91. The maximum absolute atomic E-state index is 12.5. The quantitative estimate of drug-likeness (QED) is 0.736. The summed E-state index contributed by atoms with van der Waals surface area (Å²) in [5, 5.41) is 4.21. The summed E-state index contributed by atoms with van der Waals surface area (Å²) in [6, 6.07) is 2.21. The van der Waals surface area contributed by atoms with E-state index in [0.717, 1.165) is 51.9 Å². The van der Waals surface area contributed by atoms with Gasteiger partial charge in [0, 0.05) is 19.1 Å². The third-order valence-corrected chi connectivity index (χ3v) is 6.83. The summed E-state index contributed by atoms with van der Waals surface area (Å²) in [6.07, 6.45) is 3.31. The number of anilines is 1. The molecule has 2 atom stereocenters. The number of fused-ring (bicyclic) bond motifs is 1. The minimum atomic E-state index is 0. The van der Waals surface area contributed by atoms with Crippen molar-refractivity contribution in [1.29, 1.82) is 0 Å². The molecular weight excluding hydrogens is 399 g/mol. The summed E-state index contributed by atoms with van der Waals surface area (Å²) in [7, 11) is 0. The fraction of sp³-hybridized carbons (Fsp3) is 0.625. The van der Waals surface area contributed by atoms with Gasteiger partial charge in [0.15, 0.2) is 5.13 Å². The van der Waals surface area contributed by atoms with E-state index in [1.54, 1.807) is 11.3 Å². The number of thiophene rings is 1. The van der Waals surface area contributed by atoms with Crippen LogP contribution in [0, 0.1) is 5.92 Å². The standard InChI is InChI=1S/C16H24N4OS2.2ClH/c1-3-20(4-2)16-19-15-13(23-16)8-12(22-15)14(21)18-11-7-5-6-10(11)9-17;;/h8,10-11H,3-7,9,17H2,1-2H3,(H,18,21);2*1H. The highest BCUT2D eigenvalue weighted by molar-refractivity contribution is 7.29. The van der Waals surface area contributed by atoms with Crippen LogP contribution in [0.25, 0.3) is 9.53 Å². The van der Waals surface area contributed by atoms with E-state index in [2.05, 4.69) is 29.0 Å². The third kappa shape index (κ3) is 4.77. The normalized spacial score (nSPS) is 19.3. The van der Waals surface area contributed by atoms with E-state index in [-0.39, 0.29) is 36.8 Å². The molecule has 3 rings (SSSR count). The monoisotopic (exact) mass is 424 g/mol. The molecule has 2 heterocycles. The Morgan fingerprint density at radius 3 is 2.64 bits per heavy atom. The molecule has 3 N–H and O–H groups in total. The Labute approximate surface area is 169 Å². The van der Waals surface area contributed by atoms with Crippen LogP contribution in [0.15, 0.2) is 6.07 Å². The zero-order chi connectivity index (χ0) is 16.4. The molecule has 0 saturated heterocycles. The van der Waals surface area contributed by atoms with Crippen molar-refractivity contribution >= 4 is 68.1 Å². The van der Waals surface area contributed by atoms with E-state index in [4.69, 9.17) is 5.73 Å². The van der Waals surface area contributed by atoms with Gasteiger partial charge < -0.3 is 16.0 Å². The number of carbonyl (C=O) groups is 1. The third-order valence-electron chi connectivity index (χ3n) is 4.61. The Hall–Kier alpha value is -0.600. The predicted octanol–water partition coefficient (Wildman–Crippen LogP) is 3.90. The van der Waals surface area contributed by atoms with Crippen LogP contribution in [0.2, 0.25) is 0 Å². The number of aromatic nitrogens is 1. The second kappa shape index (κ2) is 9.92. The van der Waals surface area contributed by atoms with Crippen LogP contribution in [0.1, 0.15) is 42.8 Å². The molecule has 0 bridgehead atoms. The molecular formula is C16H26Cl2N4OS2. The summed E-state index contributed by atoms with van der Waals surface area (Å²) in [5.41, 5.74) is 5.79. The van der Waals surface area contributed by atoms with E-state index >= 15 is 0 Å². The zero-order valence-electron chi connectivity index (χ0n) is 14.5. The van der Waals surface area contributed by atoms with Gasteiger partial charge in [-0.15, -0.1) is 36.2 Å². The number of nitrogens with zero attached hydrogens (tertiary/aromatic N) is 2. The lowest BCUT2D eigenvalue weighted by Gasteiger charge is -2.18. The first kappa shape index (κ1) is 22.4. The predicted molar refractivity (Wildman–Crippen MR) is 113 cm³/mol. The molecule has 2 aromatic rings. The lowest BCUT2D eigenvalue weighted by Crippen LogP contribution is -2.39. The number of carbonyl (C=O) groups excluding carboxylic acids is 1. The van der Waals surface area contributed by atoms with Gasteiger partial charge in [0.2, 0.25) is 0 Å². The van der Waals surface area contributed by atoms with E-state index < -0.39 is 0 Å².